The van der Waals surface area contributed by atoms with Gasteiger partial charge in [-0.2, -0.15) is 4.98 Å². The molecule has 1 amide bonds. The monoisotopic (exact) mass is 555 g/mol. The summed E-state index contributed by atoms with van der Waals surface area (Å²) < 4.78 is 17.2. The minimum Gasteiger partial charge on any atom is -0.493 e. The van der Waals surface area contributed by atoms with Crippen LogP contribution in [-0.4, -0.2) is 50.3 Å². The molecular weight excluding hydrogens is 526 g/mol. The van der Waals surface area contributed by atoms with Crippen LogP contribution in [0.15, 0.2) is 53.1 Å². The number of amides is 1. The molecule has 0 aliphatic carbocycles. The molecule has 10 heteroatoms. The summed E-state index contributed by atoms with van der Waals surface area (Å²) in [5.74, 6) is 2.72. The van der Waals surface area contributed by atoms with E-state index in [9.17, 15) is 4.79 Å². The van der Waals surface area contributed by atoms with Gasteiger partial charge >= 0.3 is 0 Å². The number of aromatic nitrogens is 2. The summed E-state index contributed by atoms with van der Waals surface area (Å²) in [5, 5.41) is 6.30. The zero-order valence-electron chi connectivity index (χ0n) is 20.6. The summed E-state index contributed by atoms with van der Waals surface area (Å²) >= 11 is 3.54. The topological polar surface area (TPSA) is 97.8 Å². The molecule has 9 nitrogen and oxygen atoms in total. The van der Waals surface area contributed by atoms with Gasteiger partial charge in [0.1, 0.15) is 5.82 Å². The van der Waals surface area contributed by atoms with E-state index in [-0.39, 0.29) is 11.8 Å². The van der Waals surface area contributed by atoms with Crippen molar-refractivity contribution in [2.24, 2.45) is 5.92 Å². The van der Waals surface area contributed by atoms with Crippen LogP contribution < -0.4 is 29.7 Å². The van der Waals surface area contributed by atoms with Crippen molar-refractivity contribution in [2.75, 3.05) is 44.6 Å². The van der Waals surface area contributed by atoms with Crippen LogP contribution in [0.3, 0.4) is 0 Å². The third-order valence-electron chi connectivity index (χ3n) is 6.09. The van der Waals surface area contributed by atoms with E-state index in [0.717, 1.165) is 35.2 Å². The summed E-state index contributed by atoms with van der Waals surface area (Å²) in [4.78, 5) is 24.1. The van der Waals surface area contributed by atoms with Gasteiger partial charge in [-0.15, -0.1) is 0 Å². The zero-order chi connectivity index (χ0) is 25.5. The Kier molecular flexibility index (Phi) is 8.48. The predicted molar refractivity (Wildman–Crippen MR) is 142 cm³/mol. The Morgan fingerprint density at radius 1 is 1.11 bits per heavy atom. The molecule has 4 rings (SSSR count). The molecule has 36 heavy (non-hydrogen) atoms. The van der Waals surface area contributed by atoms with Crippen molar-refractivity contribution < 1.29 is 19.0 Å². The number of hydrogen-bond donors (Lipinski definition) is 2. The maximum atomic E-state index is 12.9. The molecule has 2 heterocycles. The molecule has 0 spiro atoms. The Labute approximate surface area is 219 Å². The number of carbonyl (C=O) groups is 1. The molecule has 0 saturated carbocycles. The Bertz CT molecular complexity index is 1180. The highest BCUT2D eigenvalue weighted by atomic mass is 79.9. The lowest BCUT2D eigenvalue weighted by Gasteiger charge is -2.33. The number of anilines is 3. The molecule has 0 bridgehead atoms. The van der Waals surface area contributed by atoms with Crippen molar-refractivity contribution in [2.45, 2.75) is 19.4 Å². The van der Waals surface area contributed by atoms with Crippen LogP contribution in [0.25, 0.3) is 0 Å². The van der Waals surface area contributed by atoms with Gasteiger partial charge < -0.3 is 29.7 Å². The van der Waals surface area contributed by atoms with E-state index >= 15 is 0 Å². The van der Waals surface area contributed by atoms with Crippen LogP contribution in [0.2, 0.25) is 0 Å². The van der Waals surface area contributed by atoms with Crippen molar-refractivity contribution in [1.29, 1.82) is 0 Å². The summed E-state index contributed by atoms with van der Waals surface area (Å²) in [7, 11) is 4.70. The van der Waals surface area contributed by atoms with Gasteiger partial charge in [-0.05, 0) is 30.5 Å². The van der Waals surface area contributed by atoms with E-state index in [0.29, 0.717) is 42.0 Å². The fourth-order valence-corrected chi connectivity index (χ4v) is 4.66. The van der Waals surface area contributed by atoms with Crippen LogP contribution in [0.4, 0.5) is 17.5 Å². The number of carbonyl (C=O) groups excluding carboxylic acids is 1. The van der Waals surface area contributed by atoms with Gasteiger partial charge in [-0.25, -0.2) is 4.98 Å². The largest absolute Gasteiger partial charge is 0.493 e. The van der Waals surface area contributed by atoms with Crippen molar-refractivity contribution in [3.63, 3.8) is 0 Å². The van der Waals surface area contributed by atoms with Crippen LogP contribution in [0, 0.1) is 5.92 Å². The van der Waals surface area contributed by atoms with E-state index in [4.69, 9.17) is 19.2 Å². The Morgan fingerprint density at radius 2 is 1.86 bits per heavy atom. The van der Waals surface area contributed by atoms with Crippen molar-refractivity contribution in [3.8, 4) is 17.2 Å². The fourth-order valence-electron chi connectivity index (χ4n) is 4.24. The third kappa shape index (κ3) is 5.99. The second-order valence-electron chi connectivity index (χ2n) is 8.37. The molecule has 1 aromatic heterocycles. The lowest BCUT2D eigenvalue weighted by atomic mass is 9.97. The van der Waals surface area contributed by atoms with Gasteiger partial charge in [0.15, 0.2) is 11.5 Å². The second kappa shape index (κ2) is 11.9. The molecule has 1 aliphatic heterocycles. The van der Waals surface area contributed by atoms with Crippen LogP contribution in [0.5, 0.6) is 17.2 Å². The number of benzene rings is 2. The average molecular weight is 556 g/mol. The molecule has 1 atom stereocenters. The number of rotatable bonds is 9. The lowest BCUT2D eigenvalue weighted by molar-refractivity contribution is -0.125. The van der Waals surface area contributed by atoms with Gasteiger partial charge in [-0.3, -0.25) is 4.79 Å². The molecule has 0 radical (unpaired) electrons. The number of methoxy groups -OCH3 is 3. The minimum atomic E-state index is -0.109. The SMILES string of the molecule is COc1cc(Nc2nccc(N3CCC[C@H](C(=O)NCc4ccccc4Br)C3)n2)cc(OC)c1OC. The van der Waals surface area contributed by atoms with E-state index in [1.807, 2.05) is 30.3 Å². The highest BCUT2D eigenvalue weighted by Gasteiger charge is 2.27. The van der Waals surface area contributed by atoms with E-state index in [2.05, 4.69) is 36.4 Å². The molecule has 0 unspecified atom stereocenters. The number of nitrogens with zero attached hydrogens (tertiary/aromatic N) is 3. The number of halogens is 1. The maximum Gasteiger partial charge on any atom is 0.229 e. The molecule has 1 aliphatic rings. The summed E-state index contributed by atoms with van der Waals surface area (Å²) in [6.45, 7) is 1.92. The van der Waals surface area contributed by atoms with Crippen LogP contribution in [-0.2, 0) is 11.3 Å². The fraction of sp³-hybridized carbons (Fsp3) is 0.346. The molecular formula is C26H30BrN5O4. The van der Waals surface area contributed by atoms with Gasteiger partial charge in [0.05, 0.1) is 27.2 Å². The van der Waals surface area contributed by atoms with Gasteiger partial charge in [0.2, 0.25) is 17.6 Å². The Balaban J connectivity index is 1.43. The maximum absolute atomic E-state index is 12.9. The van der Waals surface area contributed by atoms with Crippen molar-refractivity contribution in [3.05, 3.63) is 58.7 Å². The van der Waals surface area contributed by atoms with Crippen molar-refractivity contribution >= 4 is 39.3 Å². The summed E-state index contributed by atoms with van der Waals surface area (Å²) in [5.41, 5.74) is 1.75. The Morgan fingerprint density at radius 3 is 2.56 bits per heavy atom. The molecule has 3 aromatic rings. The molecule has 2 N–H and O–H groups in total. The average Bonchev–Trinajstić information content (AvgIpc) is 2.92. The Hall–Kier alpha value is -3.53. The molecule has 1 fully saturated rings. The zero-order valence-corrected chi connectivity index (χ0v) is 22.2. The number of ether oxygens (including phenoxy) is 3. The number of nitrogens with one attached hydrogen (secondary N) is 2. The quantitative estimate of drug-likeness (QED) is 0.397. The second-order valence-corrected chi connectivity index (χ2v) is 9.23. The van der Waals surface area contributed by atoms with E-state index in [1.54, 1.807) is 39.7 Å². The molecule has 2 aromatic carbocycles. The first-order valence-corrected chi connectivity index (χ1v) is 12.5. The number of hydrogen-bond acceptors (Lipinski definition) is 8. The minimum absolute atomic E-state index is 0.0558. The summed E-state index contributed by atoms with van der Waals surface area (Å²) in [6.07, 6.45) is 3.46. The molecule has 1 saturated heterocycles. The predicted octanol–water partition coefficient (Wildman–Crippen LogP) is 4.54. The standard InChI is InChI=1S/C26H30BrN5O4/c1-34-21-13-19(14-22(35-2)24(21)36-3)30-26-28-11-10-23(31-26)32-12-6-8-18(16-32)25(33)29-15-17-7-4-5-9-20(17)27/h4-5,7,9-11,13-14,18H,6,8,12,15-16H2,1-3H3,(H,29,33)(H,28,30,31)/t18-/m0/s1. The van der Waals surface area contributed by atoms with Crippen LogP contribution >= 0.6 is 15.9 Å². The van der Waals surface area contributed by atoms with Crippen molar-refractivity contribution in [1.82, 2.24) is 15.3 Å². The highest BCUT2D eigenvalue weighted by Crippen LogP contribution is 2.40. The summed E-state index contributed by atoms with van der Waals surface area (Å²) in [6, 6.07) is 13.4. The third-order valence-corrected chi connectivity index (χ3v) is 6.86. The van der Waals surface area contributed by atoms with E-state index in [1.165, 1.54) is 0 Å². The lowest BCUT2D eigenvalue weighted by Crippen LogP contribution is -2.43. The van der Waals surface area contributed by atoms with Gasteiger partial charge in [0.25, 0.3) is 0 Å². The van der Waals surface area contributed by atoms with Gasteiger partial charge in [0, 0.05) is 48.1 Å². The van der Waals surface area contributed by atoms with E-state index < -0.39 is 0 Å². The highest BCUT2D eigenvalue weighted by molar-refractivity contribution is 9.10. The smallest absolute Gasteiger partial charge is 0.229 e. The first-order chi connectivity index (χ1) is 17.5. The first-order valence-electron chi connectivity index (χ1n) is 11.7. The number of piperidine rings is 1. The van der Waals surface area contributed by atoms with Gasteiger partial charge in [-0.1, -0.05) is 34.1 Å². The molecule has 190 valence electrons. The van der Waals surface area contributed by atoms with Crippen LogP contribution in [0.1, 0.15) is 18.4 Å². The normalized spacial score (nSPS) is 15.2. The first kappa shape index (κ1) is 25.6.